The molecule has 100 valence electrons. The zero-order valence-corrected chi connectivity index (χ0v) is 11.4. The molecule has 0 saturated carbocycles. The molecule has 4 nitrogen and oxygen atoms in total. The highest BCUT2D eigenvalue weighted by Gasteiger charge is 2.23. The van der Waals surface area contributed by atoms with Crippen molar-refractivity contribution in [1.29, 1.82) is 0 Å². The SMILES string of the molecule is C#CC(=O)c1cccc(OC)c1C(=O)N(CC)CC. The van der Waals surface area contributed by atoms with Crippen LogP contribution in [-0.4, -0.2) is 36.8 Å². The molecule has 0 saturated heterocycles. The van der Waals surface area contributed by atoms with Gasteiger partial charge in [0, 0.05) is 18.7 Å². The van der Waals surface area contributed by atoms with Gasteiger partial charge < -0.3 is 9.64 Å². The van der Waals surface area contributed by atoms with Gasteiger partial charge in [-0.2, -0.15) is 0 Å². The lowest BCUT2D eigenvalue weighted by Gasteiger charge is -2.21. The van der Waals surface area contributed by atoms with E-state index in [2.05, 4.69) is 0 Å². The molecule has 0 atom stereocenters. The van der Waals surface area contributed by atoms with Crippen molar-refractivity contribution in [1.82, 2.24) is 4.90 Å². The number of benzene rings is 1. The molecule has 1 aromatic rings. The van der Waals surface area contributed by atoms with Crippen LogP contribution in [-0.2, 0) is 0 Å². The average molecular weight is 259 g/mol. The Kier molecular flexibility index (Phi) is 5.13. The minimum absolute atomic E-state index is 0.207. The molecular weight excluding hydrogens is 242 g/mol. The van der Waals surface area contributed by atoms with Crippen LogP contribution in [0.1, 0.15) is 34.6 Å². The first kappa shape index (κ1) is 14.8. The Hall–Kier alpha value is -2.28. The van der Waals surface area contributed by atoms with E-state index in [1.807, 2.05) is 19.8 Å². The number of rotatable bonds is 5. The molecule has 0 aliphatic rings. The van der Waals surface area contributed by atoms with Gasteiger partial charge in [-0.3, -0.25) is 9.59 Å². The van der Waals surface area contributed by atoms with E-state index in [1.165, 1.54) is 7.11 Å². The van der Waals surface area contributed by atoms with E-state index in [0.717, 1.165) is 0 Å². The van der Waals surface area contributed by atoms with Crippen molar-refractivity contribution in [2.45, 2.75) is 13.8 Å². The number of methoxy groups -OCH3 is 1. The van der Waals surface area contributed by atoms with Crippen LogP contribution >= 0.6 is 0 Å². The molecule has 0 aliphatic carbocycles. The molecule has 0 unspecified atom stereocenters. The summed E-state index contributed by atoms with van der Waals surface area (Å²) in [5.74, 6) is 1.63. The molecular formula is C15H17NO3. The Bertz CT molecular complexity index is 525. The zero-order chi connectivity index (χ0) is 14.4. The number of carbonyl (C=O) groups is 2. The molecule has 0 N–H and O–H groups in total. The number of hydrogen-bond donors (Lipinski definition) is 0. The summed E-state index contributed by atoms with van der Waals surface area (Å²) in [6.07, 6.45) is 5.14. The summed E-state index contributed by atoms with van der Waals surface area (Å²) in [7, 11) is 1.46. The van der Waals surface area contributed by atoms with Crippen LogP contribution < -0.4 is 4.74 Å². The van der Waals surface area contributed by atoms with Gasteiger partial charge in [-0.05, 0) is 31.9 Å². The third-order valence-corrected chi connectivity index (χ3v) is 2.89. The standard InChI is InChI=1S/C15H17NO3/c1-5-12(17)11-9-8-10-13(19-4)14(11)15(18)16(6-2)7-3/h1,8-10H,6-7H2,2-4H3. The van der Waals surface area contributed by atoms with Crippen LogP contribution in [0.25, 0.3) is 0 Å². The van der Waals surface area contributed by atoms with E-state index in [4.69, 9.17) is 11.2 Å². The lowest BCUT2D eigenvalue weighted by molar-refractivity contribution is 0.0765. The fourth-order valence-electron chi connectivity index (χ4n) is 1.86. The second kappa shape index (κ2) is 6.60. The molecule has 0 fully saturated rings. The maximum absolute atomic E-state index is 12.5. The van der Waals surface area contributed by atoms with Gasteiger partial charge in [-0.1, -0.05) is 6.07 Å². The predicted molar refractivity (Wildman–Crippen MR) is 73.4 cm³/mol. The summed E-state index contributed by atoms with van der Waals surface area (Å²) in [6.45, 7) is 4.85. The van der Waals surface area contributed by atoms with Crippen LogP contribution in [0.2, 0.25) is 0 Å². The van der Waals surface area contributed by atoms with Crippen LogP contribution in [0.5, 0.6) is 5.75 Å². The number of amides is 1. The van der Waals surface area contributed by atoms with Crippen LogP contribution in [0.3, 0.4) is 0 Å². The van der Waals surface area contributed by atoms with Crippen molar-refractivity contribution in [3.05, 3.63) is 29.3 Å². The summed E-state index contributed by atoms with van der Waals surface area (Å²) in [6, 6.07) is 4.83. The van der Waals surface area contributed by atoms with Crippen LogP contribution in [0.4, 0.5) is 0 Å². The molecule has 0 radical (unpaired) electrons. The minimum Gasteiger partial charge on any atom is -0.496 e. The number of ether oxygens (including phenoxy) is 1. The lowest BCUT2D eigenvalue weighted by Crippen LogP contribution is -2.32. The molecule has 0 aromatic heterocycles. The van der Waals surface area contributed by atoms with Crippen molar-refractivity contribution in [2.75, 3.05) is 20.2 Å². The first-order valence-corrected chi connectivity index (χ1v) is 6.07. The van der Waals surface area contributed by atoms with Gasteiger partial charge in [0.2, 0.25) is 5.78 Å². The van der Waals surface area contributed by atoms with E-state index >= 15 is 0 Å². The summed E-state index contributed by atoms with van der Waals surface area (Å²) in [5.41, 5.74) is 0.440. The maximum atomic E-state index is 12.5. The van der Waals surface area contributed by atoms with E-state index < -0.39 is 5.78 Å². The fraction of sp³-hybridized carbons (Fsp3) is 0.333. The smallest absolute Gasteiger partial charge is 0.258 e. The number of hydrogen-bond acceptors (Lipinski definition) is 3. The Morgan fingerprint density at radius 3 is 2.42 bits per heavy atom. The van der Waals surface area contributed by atoms with Gasteiger partial charge >= 0.3 is 0 Å². The Labute approximate surface area is 113 Å². The quantitative estimate of drug-likeness (QED) is 0.461. The normalized spacial score (nSPS) is 9.58. The first-order chi connectivity index (χ1) is 9.10. The van der Waals surface area contributed by atoms with Crippen molar-refractivity contribution in [3.63, 3.8) is 0 Å². The number of nitrogens with zero attached hydrogens (tertiary/aromatic N) is 1. The van der Waals surface area contributed by atoms with Crippen molar-refractivity contribution >= 4 is 11.7 Å². The third kappa shape index (κ3) is 2.94. The fourth-order valence-corrected chi connectivity index (χ4v) is 1.86. The predicted octanol–water partition coefficient (Wildman–Crippen LogP) is 1.99. The number of Topliss-reactive ketones (excluding diaryl/α,β-unsaturated/α-hetero) is 1. The van der Waals surface area contributed by atoms with Gasteiger partial charge in [0.25, 0.3) is 5.91 Å². The zero-order valence-electron chi connectivity index (χ0n) is 11.4. The molecule has 0 heterocycles. The van der Waals surface area contributed by atoms with E-state index in [0.29, 0.717) is 18.8 Å². The summed E-state index contributed by atoms with van der Waals surface area (Å²) < 4.78 is 5.17. The van der Waals surface area contributed by atoms with Crippen LogP contribution in [0, 0.1) is 12.3 Å². The number of carbonyl (C=O) groups excluding carboxylic acids is 2. The first-order valence-electron chi connectivity index (χ1n) is 6.07. The summed E-state index contributed by atoms with van der Waals surface area (Å²) in [5, 5.41) is 0. The Balaban J connectivity index is 3.42. The summed E-state index contributed by atoms with van der Waals surface area (Å²) in [4.78, 5) is 25.8. The lowest BCUT2D eigenvalue weighted by atomic mass is 10.0. The average Bonchev–Trinajstić information content (AvgIpc) is 2.46. The van der Waals surface area contributed by atoms with E-state index in [-0.39, 0.29) is 17.0 Å². The topological polar surface area (TPSA) is 46.6 Å². The molecule has 0 spiro atoms. The second-order valence-electron chi connectivity index (χ2n) is 3.83. The van der Waals surface area contributed by atoms with Gasteiger partial charge in [-0.25, -0.2) is 0 Å². The number of terminal acetylenes is 1. The van der Waals surface area contributed by atoms with E-state index in [9.17, 15) is 9.59 Å². The van der Waals surface area contributed by atoms with Gasteiger partial charge in [0.1, 0.15) is 5.75 Å². The van der Waals surface area contributed by atoms with Gasteiger partial charge in [0.05, 0.1) is 12.7 Å². The third-order valence-electron chi connectivity index (χ3n) is 2.89. The second-order valence-corrected chi connectivity index (χ2v) is 3.83. The number of ketones is 1. The van der Waals surface area contributed by atoms with Gasteiger partial charge in [-0.15, -0.1) is 6.42 Å². The molecule has 1 aromatic carbocycles. The Morgan fingerprint density at radius 1 is 1.32 bits per heavy atom. The molecule has 1 amide bonds. The van der Waals surface area contributed by atoms with E-state index in [1.54, 1.807) is 23.1 Å². The molecule has 0 bridgehead atoms. The maximum Gasteiger partial charge on any atom is 0.258 e. The highest BCUT2D eigenvalue weighted by molar-refractivity contribution is 6.16. The minimum atomic E-state index is -0.519. The van der Waals surface area contributed by atoms with Gasteiger partial charge in [0.15, 0.2) is 0 Å². The molecule has 1 rings (SSSR count). The highest BCUT2D eigenvalue weighted by atomic mass is 16.5. The van der Waals surface area contributed by atoms with Crippen molar-refractivity contribution in [2.24, 2.45) is 0 Å². The Morgan fingerprint density at radius 2 is 1.95 bits per heavy atom. The highest BCUT2D eigenvalue weighted by Crippen LogP contribution is 2.24. The van der Waals surface area contributed by atoms with Crippen molar-refractivity contribution in [3.8, 4) is 18.1 Å². The largest absolute Gasteiger partial charge is 0.496 e. The van der Waals surface area contributed by atoms with Crippen molar-refractivity contribution < 1.29 is 14.3 Å². The molecule has 4 heteroatoms. The monoisotopic (exact) mass is 259 g/mol. The van der Waals surface area contributed by atoms with Crippen LogP contribution in [0.15, 0.2) is 18.2 Å². The summed E-state index contributed by atoms with van der Waals surface area (Å²) >= 11 is 0. The molecule has 19 heavy (non-hydrogen) atoms. The molecule has 0 aliphatic heterocycles.